The second-order valence-electron chi connectivity index (χ2n) is 5.74. The van der Waals surface area contributed by atoms with Crippen molar-refractivity contribution in [2.45, 2.75) is 32.6 Å². The smallest absolute Gasteiger partial charge is 0.243 e. The molecule has 0 unspecified atom stereocenters. The van der Waals surface area contributed by atoms with Gasteiger partial charge in [0.1, 0.15) is 5.82 Å². The Morgan fingerprint density at radius 1 is 1.14 bits per heavy atom. The molecule has 0 atom stereocenters. The van der Waals surface area contributed by atoms with E-state index < -0.39 is 15.8 Å². The number of halogens is 1. The molecule has 0 amide bonds. The van der Waals surface area contributed by atoms with Gasteiger partial charge < -0.3 is 4.90 Å². The summed E-state index contributed by atoms with van der Waals surface area (Å²) in [7, 11) is -3.66. The lowest BCUT2D eigenvalue weighted by atomic mass is 10.2. The molecule has 4 nitrogen and oxygen atoms in total. The van der Waals surface area contributed by atoms with Gasteiger partial charge in [-0.15, -0.1) is 0 Å². The van der Waals surface area contributed by atoms with Gasteiger partial charge in [-0.2, -0.15) is 4.31 Å². The van der Waals surface area contributed by atoms with Crippen LogP contribution in [0.3, 0.4) is 0 Å². The second-order valence-corrected chi connectivity index (χ2v) is 7.68. The molecule has 0 aromatic heterocycles. The van der Waals surface area contributed by atoms with E-state index in [2.05, 4.69) is 18.7 Å². The number of sulfonamides is 1. The van der Waals surface area contributed by atoms with Crippen LogP contribution in [0, 0.1) is 11.7 Å². The maximum atomic E-state index is 13.4. The Hall–Kier alpha value is -0.980. The van der Waals surface area contributed by atoms with Crippen LogP contribution in [0.15, 0.2) is 29.2 Å². The van der Waals surface area contributed by atoms with Gasteiger partial charge in [-0.05, 0) is 37.2 Å². The zero-order valence-corrected chi connectivity index (χ0v) is 14.7. The maximum Gasteiger partial charge on any atom is 0.243 e. The predicted octanol–water partition coefficient (Wildman–Crippen LogP) is 2.81. The van der Waals surface area contributed by atoms with Gasteiger partial charge in [-0.25, -0.2) is 12.8 Å². The molecule has 22 heavy (non-hydrogen) atoms. The fraction of sp³-hybridized carbons (Fsp3) is 0.625. The van der Waals surface area contributed by atoms with Crippen molar-refractivity contribution in [1.29, 1.82) is 0 Å². The third-order valence-corrected chi connectivity index (χ3v) is 5.42. The molecule has 0 aliphatic heterocycles. The largest absolute Gasteiger partial charge is 0.303 e. The molecule has 0 radical (unpaired) electrons. The van der Waals surface area contributed by atoms with Crippen molar-refractivity contribution in [3.05, 3.63) is 30.1 Å². The highest BCUT2D eigenvalue weighted by atomic mass is 32.2. The standard InChI is InChI=1S/C16H27FN2O2S/c1-5-18(6-2)10-11-19(13-14(3)4)22(20,21)16-9-7-8-15(17)12-16/h7-9,12,14H,5-6,10-11,13H2,1-4H3. The third-order valence-electron chi connectivity index (χ3n) is 3.56. The van der Waals surface area contributed by atoms with Gasteiger partial charge >= 0.3 is 0 Å². The molecule has 0 aliphatic rings. The quantitative estimate of drug-likeness (QED) is 0.699. The van der Waals surface area contributed by atoms with E-state index in [1.54, 1.807) is 0 Å². The lowest BCUT2D eigenvalue weighted by molar-refractivity contribution is 0.262. The highest BCUT2D eigenvalue weighted by Gasteiger charge is 2.25. The van der Waals surface area contributed by atoms with Gasteiger partial charge in [0.05, 0.1) is 4.90 Å². The summed E-state index contributed by atoms with van der Waals surface area (Å²) in [5, 5.41) is 0. The number of nitrogens with zero attached hydrogens (tertiary/aromatic N) is 2. The highest BCUT2D eigenvalue weighted by molar-refractivity contribution is 7.89. The number of rotatable bonds is 9. The minimum atomic E-state index is -3.66. The first-order chi connectivity index (χ1) is 10.3. The van der Waals surface area contributed by atoms with Crippen LogP contribution < -0.4 is 0 Å². The summed E-state index contributed by atoms with van der Waals surface area (Å²) in [6.07, 6.45) is 0. The molecule has 0 heterocycles. The molecule has 6 heteroatoms. The molecule has 0 spiro atoms. The predicted molar refractivity (Wildman–Crippen MR) is 87.8 cm³/mol. The second kappa shape index (κ2) is 8.60. The lowest BCUT2D eigenvalue weighted by Crippen LogP contribution is -2.40. The van der Waals surface area contributed by atoms with Crippen molar-refractivity contribution in [3.8, 4) is 0 Å². The first-order valence-corrected chi connectivity index (χ1v) is 9.23. The van der Waals surface area contributed by atoms with Crippen LogP contribution in [0.2, 0.25) is 0 Å². The van der Waals surface area contributed by atoms with Crippen molar-refractivity contribution in [3.63, 3.8) is 0 Å². The lowest BCUT2D eigenvalue weighted by Gasteiger charge is -2.27. The topological polar surface area (TPSA) is 40.6 Å². The van der Waals surface area contributed by atoms with E-state index in [4.69, 9.17) is 0 Å². The van der Waals surface area contributed by atoms with Gasteiger partial charge in [-0.3, -0.25) is 0 Å². The van der Waals surface area contributed by atoms with Gasteiger partial charge in [0.2, 0.25) is 10.0 Å². The minimum Gasteiger partial charge on any atom is -0.303 e. The Morgan fingerprint density at radius 3 is 2.27 bits per heavy atom. The van der Waals surface area contributed by atoms with Crippen LogP contribution in [-0.4, -0.2) is 50.3 Å². The van der Waals surface area contributed by atoms with Crippen LogP contribution in [-0.2, 0) is 10.0 Å². The zero-order valence-electron chi connectivity index (χ0n) is 13.9. The molecule has 1 aromatic rings. The molecule has 0 fully saturated rings. The van der Waals surface area contributed by atoms with E-state index in [9.17, 15) is 12.8 Å². The Morgan fingerprint density at radius 2 is 1.77 bits per heavy atom. The van der Waals surface area contributed by atoms with Crippen LogP contribution in [0.1, 0.15) is 27.7 Å². The molecular weight excluding hydrogens is 303 g/mol. The summed E-state index contributed by atoms with van der Waals surface area (Å²) < 4.78 is 40.3. The van der Waals surface area contributed by atoms with Crippen molar-refractivity contribution in [2.75, 3.05) is 32.7 Å². The van der Waals surface area contributed by atoms with Crippen LogP contribution in [0.4, 0.5) is 4.39 Å². The Labute approximate surface area is 134 Å². The average molecular weight is 330 g/mol. The van der Waals surface area contributed by atoms with Crippen molar-refractivity contribution >= 4 is 10.0 Å². The van der Waals surface area contributed by atoms with E-state index in [0.717, 1.165) is 19.2 Å². The molecule has 126 valence electrons. The normalized spacial score (nSPS) is 12.5. The number of benzene rings is 1. The van der Waals surface area contributed by atoms with Crippen LogP contribution >= 0.6 is 0 Å². The molecule has 1 rings (SSSR count). The number of likely N-dealkylation sites (N-methyl/N-ethyl adjacent to an activating group) is 1. The van der Waals surface area contributed by atoms with Crippen molar-refractivity contribution in [1.82, 2.24) is 9.21 Å². The molecule has 0 bridgehead atoms. The van der Waals surface area contributed by atoms with E-state index in [0.29, 0.717) is 19.6 Å². The van der Waals surface area contributed by atoms with Gasteiger partial charge in [-0.1, -0.05) is 33.8 Å². The zero-order chi connectivity index (χ0) is 16.8. The molecule has 0 saturated carbocycles. The average Bonchev–Trinajstić information content (AvgIpc) is 2.46. The van der Waals surface area contributed by atoms with E-state index in [-0.39, 0.29) is 10.8 Å². The summed E-state index contributed by atoms with van der Waals surface area (Å²) in [6, 6.07) is 5.21. The monoisotopic (exact) mass is 330 g/mol. The SMILES string of the molecule is CCN(CC)CCN(CC(C)C)S(=O)(=O)c1cccc(F)c1. The summed E-state index contributed by atoms with van der Waals surface area (Å²) >= 11 is 0. The maximum absolute atomic E-state index is 13.4. The highest BCUT2D eigenvalue weighted by Crippen LogP contribution is 2.18. The molecule has 1 aromatic carbocycles. The van der Waals surface area contributed by atoms with Gasteiger partial charge in [0.15, 0.2) is 0 Å². The van der Waals surface area contributed by atoms with Gasteiger partial charge in [0.25, 0.3) is 0 Å². The third kappa shape index (κ3) is 5.34. The summed E-state index contributed by atoms with van der Waals surface area (Å²) in [5.74, 6) is -0.325. The summed E-state index contributed by atoms with van der Waals surface area (Å²) in [4.78, 5) is 2.20. The summed E-state index contributed by atoms with van der Waals surface area (Å²) in [6.45, 7) is 11.3. The Balaban J connectivity index is 2.99. The Kier molecular flexibility index (Phi) is 7.45. The fourth-order valence-corrected chi connectivity index (χ4v) is 3.91. The molecule has 0 N–H and O–H groups in total. The first-order valence-electron chi connectivity index (χ1n) is 7.79. The van der Waals surface area contributed by atoms with E-state index >= 15 is 0 Å². The van der Waals surface area contributed by atoms with Crippen molar-refractivity contribution in [2.24, 2.45) is 5.92 Å². The molecular formula is C16H27FN2O2S. The summed E-state index contributed by atoms with van der Waals surface area (Å²) in [5.41, 5.74) is 0. The molecule has 0 saturated heterocycles. The van der Waals surface area contributed by atoms with E-state index in [1.807, 2.05) is 13.8 Å². The number of hydrogen-bond donors (Lipinski definition) is 0. The minimum absolute atomic E-state index is 0.0210. The van der Waals surface area contributed by atoms with Gasteiger partial charge in [0, 0.05) is 19.6 Å². The van der Waals surface area contributed by atoms with Crippen LogP contribution in [0.5, 0.6) is 0 Å². The Bertz CT molecular complexity index is 557. The molecule has 0 aliphatic carbocycles. The van der Waals surface area contributed by atoms with Crippen molar-refractivity contribution < 1.29 is 12.8 Å². The fourth-order valence-electron chi connectivity index (χ4n) is 2.29. The van der Waals surface area contributed by atoms with E-state index in [1.165, 1.54) is 22.5 Å². The first kappa shape index (κ1) is 19.1. The van der Waals surface area contributed by atoms with Crippen LogP contribution in [0.25, 0.3) is 0 Å². The number of hydrogen-bond acceptors (Lipinski definition) is 3.